The van der Waals surface area contributed by atoms with Crippen molar-refractivity contribution in [2.45, 2.75) is 64.0 Å². The predicted molar refractivity (Wildman–Crippen MR) is 131 cm³/mol. The minimum absolute atomic E-state index is 0.211. The minimum Gasteiger partial charge on any atom is -0.444 e. The van der Waals surface area contributed by atoms with Crippen LogP contribution >= 0.6 is 23.2 Å². The van der Waals surface area contributed by atoms with Crippen molar-refractivity contribution in [2.75, 3.05) is 24.5 Å². The fourth-order valence-electron chi connectivity index (χ4n) is 5.57. The average molecular weight is 473 g/mol. The summed E-state index contributed by atoms with van der Waals surface area (Å²) in [7, 11) is 0. The normalized spacial score (nSPS) is 22.3. The van der Waals surface area contributed by atoms with Crippen LogP contribution in [-0.4, -0.2) is 42.3 Å². The molecular formula is C26H30Cl2N2O2. The molecule has 3 aliphatic heterocycles. The summed E-state index contributed by atoms with van der Waals surface area (Å²) in [5.41, 5.74) is 5.72. The van der Waals surface area contributed by atoms with Gasteiger partial charge in [-0.05, 0) is 93.5 Å². The Kier molecular flexibility index (Phi) is 5.58. The third-order valence-electron chi connectivity index (χ3n) is 6.87. The number of hydrogen-bond acceptors (Lipinski definition) is 3. The van der Waals surface area contributed by atoms with Gasteiger partial charge in [0.25, 0.3) is 0 Å². The van der Waals surface area contributed by atoms with Crippen molar-refractivity contribution in [1.29, 1.82) is 0 Å². The van der Waals surface area contributed by atoms with E-state index in [0.717, 1.165) is 37.1 Å². The molecule has 0 aliphatic carbocycles. The van der Waals surface area contributed by atoms with E-state index in [4.69, 9.17) is 27.9 Å². The highest BCUT2D eigenvalue weighted by molar-refractivity contribution is 6.35. The number of benzene rings is 2. The second-order valence-corrected chi connectivity index (χ2v) is 11.1. The van der Waals surface area contributed by atoms with Gasteiger partial charge in [-0.2, -0.15) is 0 Å². The Morgan fingerprint density at radius 3 is 2.69 bits per heavy atom. The second-order valence-electron chi connectivity index (χ2n) is 10.2. The lowest BCUT2D eigenvalue weighted by atomic mass is 9.86. The third kappa shape index (κ3) is 3.97. The molecule has 2 aromatic carbocycles. The Labute approximate surface area is 200 Å². The number of fused-ring (bicyclic) bond motifs is 3. The van der Waals surface area contributed by atoms with Crippen LogP contribution in [-0.2, 0) is 11.2 Å². The van der Waals surface area contributed by atoms with E-state index in [-0.39, 0.29) is 12.0 Å². The molecule has 6 heteroatoms. The summed E-state index contributed by atoms with van der Waals surface area (Å²) < 4.78 is 5.69. The molecular weight excluding hydrogens is 443 g/mol. The maximum atomic E-state index is 12.8. The van der Waals surface area contributed by atoms with Gasteiger partial charge in [0.15, 0.2) is 0 Å². The first kappa shape index (κ1) is 21.9. The van der Waals surface area contributed by atoms with Crippen LogP contribution in [0.2, 0.25) is 10.0 Å². The molecule has 1 amide bonds. The van der Waals surface area contributed by atoms with Gasteiger partial charge in [-0.15, -0.1) is 0 Å². The van der Waals surface area contributed by atoms with E-state index in [1.54, 1.807) is 0 Å². The summed E-state index contributed by atoms with van der Waals surface area (Å²) in [6.07, 6.45) is 4.21. The molecule has 3 heterocycles. The number of anilines is 1. The molecule has 1 fully saturated rings. The molecule has 0 unspecified atom stereocenters. The van der Waals surface area contributed by atoms with Gasteiger partial charge in [-0.1, -0.05) is 23.2 Å². The molecule has 0 radical (unpaired) electrons. The van der Waals surface area contributed by atoms with Crippen molar-refractivity contribution in [3.63, 3.8) is 0 Å². The Balaban J connectivity index is 1.56. The van der Waals surface area contributed by atoms with Gasteiger partial charge >= 0.3 is 6.09 Å². The minimum atomic E-state index is -0.488. The monoisotopic (exact) mass is 472 g/mol. The van der Waals surface area contributed by atoms with E-state index in [9.17, 15) is 4.79 Å². The van der Waals surface area contributed by atoms with Crippen LogP contribution in [0.4, 0.5) is 10.5 Å². The summed E-state index contributed by atoms with van der Waals surface area (Å²) in [4.78, 5) is 17.3. The topological polar surface area (TPSA) is 32.8 Å². The molecule has 0 N–H and O–H groups in total. The lowest BCUT2D eigenvalue weighted by molar-refractivity contribution is 0.0189. The van der Waals surface area contributed by atoms with Crippen molar-refractivity contribution >= 4 is 35.0 Å². The van der Waals surface area contributed by atoms with Gasteiger partial charge in [0.05, 0.1) is 0 Å². The number of aryl methyl sites for hydroxylation is 1. The standard InChI is InChI=1S/C26H30Cl2N2O2/c1-26(2,3)32-25(31)29-11-9-23-21(15-29)20-13-17(19-14-18(27)7-8-22(19)28)12-16-6-4-5-10-30(23)24(16)20/h7-8,12-14,21,23H,4-6,9-11,15H2,1-3H3/t21-,23-/m0/s1. The van der Waals surface area contributed by atoms with Crippen LogP contribution in [0.5, 0.6) is 0 Å². The van der Waals surface area contributed by atoms with Gasteiger partial charge in [-0.3, -0.25) is 0 Å². The maximum Gasteiger partial charge on any atom is 0.410 e. The molecule has 0 aromatic heterocycles. The summed E-state index contributed by atoms with van der Waals surface area (Å²) in [6, 6.07) is 10.7. The molecule has 4 nitrogen and oxygen atoms in total. The van der Waals surface area contributed by atoms with Crippen LogP contribution in [0.25, 0.3) is 11.1 Å². The molecule has 170 valence electrons. The van der Waals surface area contributed by atoms with Crippen LogP contribution in [0.3, 0.4) is 0 Å². The van der Waals surface area contributed by atoms with Gasteiger partial charge in [-0.25, -0.2) is 4.79 Å². The van der Waals surface area contributed by atoms with Crippen LogP contribution in [0, 0.1) is 0 Å². The van der Waals surface area contributed by atoms with Crippen molar-refractivity contribution in [1.82, 2.24) is 4.90 Å². The van der Waals surface area contributed by atoms with E-state index in [0.29, 0.717) is 22.6 Å². The van der Waals surface area contributed by atoms with Crippen LogP contribution < -0.4 is 4.90 Å². The predicted octanol–water partition coefficient (Wildman–Crippen LogP) is 6.91. The van der Waals surface area contributed by atoms with E-state index < -0.39 is 5.60 Å². The lowest BCUT2D eigenvalue weighted by Crippen LogP contribution is -2.49. The van der Waals surface area contributed by atoms with Crippen molar-refractivity contribution in [3.05, 3.63) is 51.5 Å². The van der Waals surface area contributed by atoms with Crippen LogP contribution in [0.1, 0.15) is 57.1 Å². The molecule has 5 rings (SSSR count). The number of likely N-dealkylation sites (tertiary alicyclic amines) is 1. The number of amides is 1. The first-order chi connectivity index (χ1) is 15.2. The quantitative estimate of drug-likeness (QED) is 0.451. The highest BCUT2D eigenvalue weighted by Crippen LogP contribution is 2.50. The van der Waals surface area contributed by atoms with E-state index in [1.165, 1.54) is 29.7 Å². The smallest absolute Gasteiger partial charge is 0.410 e. The number of rotatable bonds is 1. The molecule has 0 spiro atoms. The number of piperidine rings is 1. The Bertz CT molecular complexity index is 1060. The number of halogens is 2. The summed E-state index contributed by atoms with van der Waals surface area (Å²) in [6.45, 7) is 8.28. The maximum absolute atomic E-state index is 12.8. The van der Waals surface area contributed by atoms with Gasteiger partial charge in [0.1, 0.15) is 5.60 Å². The highest BCUT2D eigenvalue weighted by Gasteiger charge is 2.45. The Hall–Kier alpha value is -1.91. The fraction of sp³-hybridized carbons (Fsp3) is 0.500. The first-order valence-electron chi connectivity index (χ1n) is 11.6. The molecule has 0 bridgehead atoms. The Morgan fingerprint density at radius 1 is 1.09 bits per heavy atom. The number of ether oxygens (including phenoxy) is 1. The number of carbonyl (C=O) groups is 1. The first-order valence-corrected chi connectivity index (χ1v) is 12.3. The molecule has 3 aliphatic rings. The number of nitrogens with zero attached hydrogens (tertiary/aromatic N) is 2. The lowest BCUT2D eigenvalue weighted by Gasteiger charge is -2.39. The van der Waals surface area contributed by atoms with E-state index >= 15 is 0 Å². The van der Waals surface area contributed by atoms with Gasteiger partial charge in [0, 0.05) is 52.9 Å². The zero-order valence-electron chi connectivity index (χ0n) is 19.0. The zero-order chi connectivity index (χ0) is 22.6. The molecule has 1 saturated heterocycles. The third-order valence-corrected chi connectivity index (χ3v) is 7.43. The van der Waals surface area contributed by atoms with E-state index in [1.807, 2.05) is 43.9 Å². The largest absolute Gasteiger partial charge is 0.444 e. The number of carbonyl (C=O) groups excluding carboxylic acids is 1. The summed E-state index contributed by atoms with van der Waals surface area (Å²) >= 11 is 12.9. The average Bonchev–Trinajstić information content (AvgIpc) is 2.88. The number of hydrogen-bond donors (Lipinski definition) is 0. The molecule has 2 atom stereocenters. The summed E-state index contributed by atoms with van der Waals surface area (Å²) in [5, 5.41) is 1.39. The van der Waals surface area contributed by atoms with Crippen molar-refractivity contribution in [2.24, 2.45) is 0 Å². The van der Waals surface area contributed by atoms with E-state index in [2.05, 4.69) is 17.0 Å². The summed E-state index contributed by atoms with van der Waals surface area (Å²) in [5.74, 6) is 0.279. The van der Waals surface area contributed by atoms with Gasteiger partial charge in [0.2, 0.25) is 0 Å². The molecule has 2 aromatic rings. The fourth-order valence-corrected chi connectivity index (χ4v) is 5.97. The van der Waals surface area contributed by atoms with Crippen LogP contribution in [0.15, 0.2) is 30.3 Å². The molecule has 0 saturated carbocycles. The van der Waals surface area contributed by atoms with Crippen molar-refractivity contribution in [3.8, 4) is 11.1 Å². The second kappa shape index (κ2) is 8.14. The zero-order valence-corrected chi connectivity index (χ0v) is 20.5. The SMILES string of the molecule is CC(C)(C)OC(=O)N1CC[C@H]2[C@@H](C1)c1cc(-c3cc(Cl)ccc3Cl)cc3c1N2CCCC3. The van der Waals surface area contributed by atoms with Gasteiger partial charge < -0.3 is 14.5 Å². The molecule has 32 heavy (non-hydrogen) atoms. The van der Waals surface area contributed by atoms with Crippen molar-refractivity contribution < 1.29 is 9.53 Å². The highest BCUT2D eigenvalue weighted by atomic mass is 35.5. The Morgan fingerprint density at radius 2 is 1.91 bits per heavy atom.